The first-order chi connectivity index (χ1) is 8.10. The normalized spacial score (nSPS) is 18.0. The van der Waals surface area contributed by atoms with Crippen molar-refractivity contribution in [3.63, 3.8) is 0 Å². The van der Waals surface area contributed by atoms with Gasteiger partial charge in [-0.1, -0.05) is 26.7 Å². The molecule has 1 rings (SSSR count). The van der Waals surface area contributed by atoms with Gasteiger partial charge in [0, 0.05) is 13.2 Å². The van der Waals surface area contributed by atoms with E-state index in [1.54, 1.807) is 0 Å². The van der Waals surface area contributed by atoms with Gasteiger partial charge in [-0.3, -0.25) is 4.79 Å². The van der Waals surface area contributed by atoms with Crippen molar-refractivity contribution in [3.8, 4) is 6.07 Å². The lowest BCUT2D eigenvalue weighted by Crippen LogP contribution is -2.39. The van der Waals surface area contributed by atoms with Crippen LogP contribution in [0.25, 0.3) is 0 Å². The average Bonchev–Trinajstić information content (AvgIpc) is 2.77. The quantitative estimate of drug-likeness (QED) is 0.718. The highest BCUT2D eigenvalue weighted by Crippen LogP contribution is 2.37. The van der Waals surface area contributed by atoms with E-state index in [1.165, 1.54) is 0 Å². The SMILES string of the molecule is CC(C)COCCNC(=O)C1(C#N)CCCC1. The fraction of sp³-hybridized carbons (Fsp3) is 0.846. The van der Waals surface area contributed by atoms with Crippen LogP contribution in [0.2, 0.25) is 0 Å². The lowest BCUT2D eigenvalue weighted by molar-refractivity contribution is -0.128. The van der Waals surface area contributed by atoms with Crippen molar-refractivity contribution >= 4 is 5.91 Å². The molecule has 1 aliphatic carbocycles. The summed E-state index contributed by atoms with van der Waals surface area (Å²) in [6, 6.07) is 2.18. The smallest absolute Gasteiger partial charge is 0.240 e. The van der Waals surface area contributed by atoms with Crippen LogP contribution in [0.1, 0.15) is 39.5 Å². The molecule has 1 amide bonds. The summed E-state index contributed by atoms with van der Waals surface area (Å²) >= 11 is 0. The van der Waals surface area contributed by atoms with Crippen LogP contribution in [0.4, 0.5) is 0 Å². The summed E-state index contributed by atoms with van der Waals surface area (Å²) < 4.78 is 5.38. The molecular formula is C13H22N2O2. The molecule has 0 radical (unpaired) electrons. The van der Waals surface area contributed by atoms with Gasteiger partial charge in [-0.2, -0.15) is 5.26 Å². The molecule has 4 heteroatoms. The van der Waals surface area contributed by atoms with Crippen molar-refractivity contribution in [2.24, 2.45) is 11.3 Å². The molecule has 1 N–H and O–H groups in total. The molecule has 0 saturated heterocycles. The summed E-state index contributed by atoms with van der Waals surface area (Å²) in [5.41, 5.74) is -0.766. The fourth-order valence-electron chi connectivity index (χ4n) is 2.09. The Kier molecular flexibility index (Phi) is 5.43. The van der Waals surface area contributed by atoms with Crippen molar-refractivity contribution in [3.05, 3.63) is 0 Å². The summed E-state index contributed by atoms with van der Waals surface area (Å²) in [7, 11) is 0. The standard InChI is InChI=1S/C13H22N2O2/c1-11(2)9-17-8-7-15-12(16)13(10-14)5-3-4-6-13/h11H,3-9H2,1-2H3,(H,15,16). The van der Waals surface area contributed by atoms with E-state index in [4.69, 9.17) is 10.00 Å². The topological polar surface area (TPSA) is 62.1 Å². The van der Waals surface area contributed by atoms with E-state index in [0.29, 0.717) is 38.5 Å². The molecular weight excluding hydrogens is 216 g/mol. The van der Waals surface area contributed by atoms with E-state index in [9.17, 15) is 4.79 Å². The number of nitrogens with zero attached hydrogens (tertiary/aromatic N) is 1. The van der Waals surface area contributed by atoms with Crippen LogP contribution in [0, 0.1) is 22.7 Å². The van der Waals surface area contributed by atoms with Gasteiger partial charge >= 0.3 is 0 Å². The van der Waals surface area contributed by atoms with E-state index in [2.05, 4.69) is 25.2 Å². The number of hydrogen-bond donors (Lipinski definition) is 1. The third kappa shape index (κ3) is 4.01. The van der Waals surface area contributed by atoms with Crippen LogP contribution in [-0.4, -0.2) is 25.7 Å². The first-order valence-electron chi connectivity index (χ1n) is 6.38. The molecule has 0 spiro atoms. The van der Waals surface area contributed by atoms with Gasteiger partial charge in [0.15, 0.2) is 0 Å². The predicted octanol–water partition coefficient (Wildman–Crippen LogP) is 1.86. The van der Waals surface area contributed by atoms with E-state index >= 15 is 0 Å². The Morgan fingerprint density at radius 1 is 1.47 bits per heavy atom. The molecule has 96 valence electrons. The third-order valence-corrected chi connectivity index (χ3v) is 3.09. The molecule has 0 aromatic carbocycles. The Morgan fingerprint density at radius 3 is 2.65 bits per heavy atom. The molecule has 17 heavy (non-hydrogen) atoms. The van der Waals surface area contributed by atoms with Gasteiger partial charge in [-0.25, -0.2) is 0 Å². The Morgan fingerprint density at radius 2 is 2.12 bits per heavy atom. The number of carbonyl (C=O) groups is 1. The number of hydrogen-bond acceptors (Lipinski definition) is 3. The maximum absolute atomic E-state index is 11.9. The summed E-state index contributed by atoms with van der Waals surface area (Å²) in [5, 5.41) is 11.9. The van der Waals surface area contributed by atoms with Crippen LogP contribution in [0.3, 0.4) is 0 Å². The Hall–Kier alpha value is -1.08. The van der Waals surface area contributed by atoms with Gasteiger partial charge in [-0.15, -0.1) is 0 Å². The zero-order valence-electron chi connectivity index (χ0n) is 10.8. The summed E-state index contributed by atoms with van der Waals surface area (Å²) in [6.07, 6.45) is 3.35. The van der Waals surface area contributed by atoms with E-state index < -0.39 is 5.41 Å². The highest BCUT2D eigenvalue weighted by molar-refractivity contribution is 5.85. The van der Waals surface area contributed by atoms with Crippen LogP contribution >= 0.6 is 0 Å². The fourth-order valence-corrected chi connectivity index (χ4v) is 2.09. The first-order valence-corrected chi connectivity index (χ1v) is 6.38. The summed E-state index contributed by atoms with van der Waals surface area (Å²) in [4.78, 5) is 11.9. The number of nitriles is 1. The van der Waals surface area contributed by atoms with Crippen LogP contribution in [0.5, 0.6) is 0 Å². The minimum Gasteiger partial charge on any atom is -0.379 e. The van der Waals surface area contributed by atoms with E-state index in [1.807, 2.05) is 0 Å². The lowest BCUT2D eigenvalue weighted by Gasteiger charge is -2.19. The van der Waals surface area contributed by atoms with Gasteiger partial charge in [0.05, 0.1) is 12.7 Å². The van der Waals surface area contributed by atoms with Gasteiger partial charge in [-0.05, 0) is 18.8 Å². The average molecular weight is 238 g/mol. The van der Waals surface area contributed by atoms with Crippen molar-refractivity contribution in [1.29, 1.82) is 5.26 Å². The maximum atomic E-state index is 11.9. The van der Waals surface area contributed by atoms with Crippen LogP contribution in [-0.2, 0) is 9.53 Å². The summed E-state index contributed by atoms with van der Waals surface area (Å²) in [6.45, 7) is 5.89. The van der Waals surface area contributed by atoms with Crippen LogP contribution in [0.15, 0.2) is 0 Å². The minimum absolute atomic E-state index is 0.120. The largest absolute Gasteiger partial charge is 0.379 e. The monoisotopic (exact) mass is 238 g/mol. The van der Waals surface area contributed by atoms with E-state index in [-0.39, 0.29) is 5.91 Å². The number of nitrogens with one attached hydrogen (secondary N) is 1. The molecule has 0 aliphatic heterocycles. The Balaban J connectivity index is 2.23. The molecule has 0 unspecified atom stereocenters. The second-order valence-electron chi connectivity index (χ2n) is 5.13. The molecule has 0 heterocycles. The second kappa shape index (κ2) is 6.61. The lowest BCUT2D eigenvalue weighted by atomic mass is 9.87. The van der Waals surface area contributed by atoms with E-state index in [0.717, 1.165) is 12.8 Å². The molecule has 4 nitrogen and oxygen atoms in total. The van der Waals surface area contributed by atoms with Gasteiger partial charge in [0.2, 0.25) is 5.91 Å². The molecule has 0 bridgehead atoms. The molecule has 1 saturated carbocycles. The van der Waals surface area contributed by atoms with Crippen molar-refractivity contribution < 1.29 is 9.53 Å². The molecule has 1 fully saturated rings. The first kappa shape index (κ1) is 14.0. The van der Waals surface area contributed by atoms with Crippen molar-refractivity contribution in [1.82, 2.24) is 5.32 Å². The van der Waals surface area contributed by atoms with Crippen LogP contribution < -0.4 is 5.32 Å². The molecule has 0 aromatic rings. The minimum atomic E-state index is -0.766. The number of carbonyl (C=O) groups excluding carboxylic acids is 1. The van der Waals surface area contributed by atoms with Crippen molar-refractivity contribution in [2.45, 2.75) is 39.5 Å². The molecule has 1 aliphatic rings. The zero-order chi connectivity index (χ0) is 12.7. The van der Waals surface area contributed by atoms with Gasteiger partial charge in [0.1, 0.15) is 5.41 Å². The van der Waals surface area contributed by atoms with Gasteiger partial charge in [0.25, 0.3) is 0 Å². The molecule has 0 aromatic heterocycles. The second-order valence-corrected chi connectivity index (χ2v) is 5.13. The Bertz CT molecular complexity index is 288. The highest BCUT2D eigenvalue weighted by atomic mass is 16.5. The number of rotatable bonds is 6. The van der Waals surface area contributed by atoms with Gasteiger partial charge < -0.3 is 10.1 Å². The number of ether oxygens (including phenoxy) is 1. The highest BCUT2D eigenvalue weighted by Gasteiger charge is 2.41. The number of amides is 1. The third-order valence-electron chi connectivity index (χ3n) is 3.09. The maximum Gasteiger partial charge on any atom is 0.240 e. The Labute approximate surface area is 103 Å². The predicted molar refractivity (Wildman–Crippen MR) is 65.2 cm³/mol. The summed E-state index contributed by atoms with van der Waals surface area (Å²) in [5.74, 6) is 0.386. The van der Waals surface area contributed by atoms with Crippen molar-refractivity contribution in [2.75, 3.05) is 19.8 Å². The zero-order valence-corrected chi connectivity index (χ0v) is 10.8. The molecule has 0 atom stereocenters.